The van der Waals surface area contributed by atoms with Crippen LogP contribution < -0.4 is 0 Å². The lowest BCUT2D eigenvalue weighted by atomic mass is 9.82. The van der Waals surface area contributed by atoms with Gasteiger partial charge in [-0.1, -0.05) is 33.4 Å². The summed E-state index contributed by atoms with van der Waals surface area (Å²) >= 11 is 0. The second-order valence-electron chi connectivity index (χ2n) is 5.17. The molecule has 0 aromatic rings. The third-order valence-corrected chi connectivity index (χ3v) is 2.37. The quantitative estimate of drug-likeness (QED) is 0.622. The highest BCUT2D eigenvalue weighted by atomic mass is 16.3. The van der Waals surface area contributed by atoms with Gasteiger partial charge >= 0.3 is 0 Å². The number of aliphatic hydroxyl groups excluding tert-OH is 2. The van der Waals surface area contributed by atoms with Crippen LogP contribution in [0.25, 0.3) is 0 Å². The molecule has 0 heterocycles. The summed E-state index contributed by atoms with van der Waals surface area (Å²) in [5.74, 6) is 0. The first kappa shape index (κ1) is 11.5. The molecule has 1 fully saturated rings. The molecule has 0 amide bonds. The topological polar surface area (TPSA) is 40.5 Å². The van der Waals surface area contributed by atoms with Gasteiger partial charge in [0.25, 0.3) is 0 Å². The van der Waals surface area contributed by atoms with Gasteiger partial charge < -0.3 is 10.2 Å². The van der Waals surface area contributed by atoms with E-state index in [0.717, 1.165) is 11.1 Å². The Hall–Kier alpha value is -0.600. The van der Waals surface area contributed by atoms with Crippen molar-refractivity contribution in [1.82, 2.24) is 0 Å². The Morgan fingerprint density at radius 3 is 2.43 bits per heavy atom. The molecule has 1 aliphatic carbocycles. The summed E-state index contributed by atoms with van der Waals surface area (Å²) in [4.78, 5) is 0. The molecule has 2 heteroatoms. The second kappa shape index (κ2) is 3.87. The number of aliphatic hydroxyl groups is 2. The van der Waals surface area contributed by atoms with E-state index < -0.39 is 12.2 Å². The monoisotopic (exact) mass is 196 g/mol. The largest absolute Gasteiger partial charge is 0.393 e. The Balaban J connectivity index is 2.87. The molecule has 1 aliphatic rings. The Morgan fingerprint density at radius 2 is 1.93 bits per heavy atom. The van der Waals surface area contributed by atoms with Gasteiger partial charge in [0.1, 0.15) is 0 Å². The van der Waals surface area contributed by atoms with Crippen molar-refractivity contribution in [1.29, 1.82) is 0 Å². The lowest BCUT2D eigenvalue weighted by Gasteiger charge is -2.29. The highest BCUT2D eigenvalue weighted by Crippen LogP contribution is 2.31. The molecule has 14 heavy (non-hydrogen) atoms. The molecule has 0 radical (unpaired) electrons. The highest BCUT2D eigenvalue weighted by molar-refractivity contribution is 5.35. The van der Waals surface area contributed by atoms with Crippen LogP contribution in [-0.2, 0) is 0 Å². The third-order valence-electron chi connectivity index (χ3n) is 2.37. The van der Waals surface area contributed by atoms with Crippen molar-refractivity contribution in [2.45, 2.75) is 45.8 Å². The van der Waals surface area contributed by atoms with Gasteiger partial charge in [-0.05, 0) is 23.0 Å². The van der Waals surface area contributed by atoms with E-state index in [1.165, 1.54) is 0 Å². The fourth-order valence-corrected chi connectivity index (χ4v) is 1.76. The summed E-state index contributed by atoms with van der Waals surface area (Å²) in [6, 6.07) is 0. The molecule has 0 aromatic heterocycles. The van der Waals surface area contributed by atoms with Crippen LogP contribution in [0.15, 0.2) is 23.8 Å². The first-order valence-corrected chi connectivity index (χ1v) is 5.06. The number of rotatable bonds is 0. The molecule has 2 N–H and O–H groups in total. The average Bonchev–Trinajstić information content (AvgIpc) is 1.96. The maximum absolute atomic E-state index is 9.61. The molecule has 0 spiro atoms. The summed E-state index contributed by atoms with van der Waals surface area (Å²) in [5, 5.41) is 19.1. The fraction of sp³-hybridized carbons (Fsp3) is 0.667. The minimum absolute atomic E-state index is 0.0645. The minimum atomic E-state index is -0.577. The number of hydrogen-bond donors (Lipinski definition) is 2. The molecule has 1 saturated carbocycles. The van der Waals surface area contributed by atoms with Crippen molar-refractivity contribution in [3.63, 3.8) is 0 Å². The zero-order valence-electron chi connectivity index (χ0n) is 9.25. The predicted octanol–water partition coefficient (Wildman–Crippen LogP) is 2.03. The molecule has 0 saturated heterocycles. The van der Waals surface area contributed by atoms with Gasteiger partial charge in [0.15, 0.2) is 0 Å². The van der Waals surface area contributed by atoms with Crippen LogP contribution >= 0.6 is 0 Å². The van der Waals surface area contributed by atoms with E-state index >= 15 is 0 Å². The molecule has 2 nitrogen and oxygen atoms in total. The SMILES string of the molecule is C=C1/C(=C\C(C)(C)C)C[C@@H](O)C[C@H]1O. The van der Waals surface area contributed by atoms with Crippen LogP contribution in [0.4, 0.5) is 0 Å². The zero-order chi connectivity index (χ0) is 10.9. The van der Waals surface area contributed by atoms with Crippen LogP contribution in [0.2, 0.25) is 0 Å². The Kier molecular flexibility index (Phi) is 3.17. The average molecular weight is 196 g/mol. The molecule has 0 aliphatic heterocycles. The molecule has 1 rings (SSSR count). The smallest absolute Gasteiger partial charge is 0.0811 e. The van der Waals surface area contributed by atoms with Crippen molar-refractivity contribution in [3.8, 4) is 0 Å². The lowest BCUT2D eigenvalue weighted by molar-refractivity contribution is 0.0858. The van der Waals surface area contributed by atoms with Gasteiger partial charge in [0.2, 0.25) is 0 Å². The van der Waals surface area contributed by atoms with E-state index in [9.17, 15) is 10.2 Å². The fourth-order valence-electron chi connectivity index (χ4n) is 1.76. The van der Waals surface area contributed by atoms with Crippen molar-refractivity contribution >= 4 is 0 Å². The van der Waals surface area contributed by atoms with Crippen LogP contribution in [0.3, 0.4) is 0 Å². The van der Waals surface area contributed by atoms with Crippen LogP contribution in [0.1, 0.15) is 33.6 Å². The normalized spacial score (nSPS) is 32.4. The number of hydrogen-bond acceptors (Lipinski definition) is 2. The zero-order valence-corrected chi connectivity index (χ0v) is 9.25. The molecule has 0 unspecified atom stereocenters. The molecule has 2 atom stereocenters. The maximum Gasteiger partial charge on any atom is 0.0811 e. The van der Waals surface area contributed by atoms with E-state index in [4.69, 9.17) is 0 Å². The molecule has 80 valence electrons. The van der Waals surface area contributed by atoms with Gasteiger partial charge in [0.05, 0.1) is 12.2 Å². The van der Waals surface area contributed by atoms with Gasteiger partial charge in [-0.3, -0.25) is 0 Å². The van der Waals surface area contributed by atoms with Crippen LogP contribution in [0.5, 0.6) is 0 Å². The standard InChI is InChI=1S/C12H20O2/c1-8-9(7-12(2,3)4)5-10(13)6-11(8)14/h7,10-11,13-14H,1,5-6H2,2-4H3/b9-7-/t10-,11-/m1/s1. The minimum Gasteiger partial charge on any atom is -0.393 e. The van der Waals surface area contributed by atoms with Gasteiger partial charge in [0, 0.05) is 6.42 Å². The summed E-state index contributed by atoms with van der Waals surface area (Å²) in [7, 11) is 0. The molecule has 0 aromatic carbocycles. The van der Waals surface area contributed by atoms with E-state index in [-0.39, 0.29) is 5.41 Å². The Bertz CT molecular complexity index is 258. The van der Waals surface area contributed by atoms with E-state index in [0.29, 0.717) is 12.8 Å². The Labute approximate surface area is 86.0 Å². The van der Waals surface area contributed by atoms with Crippen LogP contribution in [0, 0.1) is 5.41 Å². The summed E-state index contributed by atoms with van der Waals surface area (Å²) in [6.07, 6.45) is 2.12. The van der Waals surface area contributed by atoms with Crippen molar-refractivity contribution in [3.05, 3.63) is 23.8 Å². The van der Waals surface area contributed by atoms with E-state index in [1.54, 1.807) is 0 Å². The first-order valence-electron chi connectivity index (χ1n) is 5.06. The highest BCUT2D eigenvalue weighted by Gasteiger charge is 2.26. The second-order valence-corrected chi connectivity index (χ2v) is 5.17. The predicted molar refractivity (Wildman–Crippen MR) is 57.9 cm³/mol. The molecular weight excluding hydrogens is 176 g/mol. The third kappa shape index (κ3) is 2.96. The van der Waals surface area contributed by atoms with Crippen LogP contribution in [-0.4, -0.2) is 22.4 Å². The first-order chi connectivity index (χ1) is 6.29. The summed E-state index contributed by atoms with van der Waals surface area (Å²) < 4.78 is 0. The van der Waals surface area contributed by atoms with Gasteiger partial charge in [-0.2, -0.15) is 0 Å². The van der Waals surface area contributed by atoms with Crippen molar-refractivity contribution in [2.24, 2.45) is 5.41 Å². The number of allylic oxidation sites excluding steroid dienone is 1. The lowest BCUT2D eigenvalue weighted by Crippen LogP contribution is -2.27. The van der Waals surface area contributed by atoms with Crippen molar-refractivity contribution in [2.75, 3.05) is 0 Å². The van der Waals surface area contributed by atoms with E-state index in [2.05, 4.69) is 33.4 Å². The van der Waals surface area contributed by atoms with E-state index in [1.807, 2.05) is 0 Å². The summed E-state index contributed by atoms with van der Waals surface area (Å²) in [5.41, 5.74) is 1.84. The van der Waals surface area contributed by atoms with Gasteiger partial charge in [-0.25, -0.2) is 0 Å². The molecule has 0 bridgehead atoms. The van der Waals surface area contributed by atoms with Gasteiger partial charge in [-0.15, -0.1) is 0 Å². The maximum atomic E-state index is 9.61. The molecular formula is C12H20O2. The van der Waals surface area contributed by atoms with Crippen molar-refractivity contribution < 1.29 is 10.2 Å². The Morgan fingerprint density at radius 1 is 1.36 bits per heavy atom. The summed E-state index contributed by atoms with van der Waals surface area (Å²) in [6.45, 7) is 10.2.